The molecule has 2 rings (SSSR count). The number of amides is 1. The fraction of sp³-hybridized carbons (Fsp3) is 0.417. The van der Waals surface area contributed by atoms with E-state index >= 15 is 0 Å². The van der Waals surface area contributed by atoms with Crippen molar-refractivity contribution in [1.29, 1.82) is 0 Å². The van der Waals surface area contributed by atoms with Gasteiger partial charge in [-0.3, -0.25) is 4.79 Å². The zero-order valence-electron chi connectivity index (χ0n) is 9.30. The highest BCUT2D eigenvalue weighted by molar-refractivity contribution is 6.31. The smallest absolute Gasteiger partial charge is 0.221 e. The maximum absolute atomic E-state index is 11.0. The molecule has 0 radical (unpaired) electrons. The van der Waals surface area contributed by atoms with E-state index in [9.17, 15) is 9.90 Å². The summed E-state index contributed by atoms with van der Waals surface area (Å²) in [6.07, 6.45) is 2.19. The molecular formula is C12H14ClNO2. The zero-order valence-corrected chi connectivity index (χ0v) is 10.1. The first kappa shape index (κ1) is 11.3. The van der Waals surface area contributed by atoms with Crippen molar-refractivity contribution in [3.8, 4) is 5.75 Å². The number of anilines is 1. The lowest BCUT2D eigenvalue weighted by molar-refractivity contribution is -0.114. The summed E-state index contributed by atoms with van der Waals surface area (Å²) in [5.74, 6) is -0.197. The van der Waals surface area contributed by atoms with Crippen molar-refractivity contribution in [2.75, 3.05) is 5.32 Å². The van der Waals surface area contributed by atoms with Crippen LogP contribution in [0.5, 0.6) is 5.75 Å². The molecule has 0 aromatic heterocycles. The highest BCUT2D eigenvalue weighted by Crippen LogP contribution is 2.51. The van der Waals surface area contributed by atoms with Crippen LogP contribution in [0.3, 0.4) is 0 Å². The second-order valence-electron chi connectivity index (χ2n) is 4.59. The monoisotopic (exact) mass is 239 g/mol. The molecule has 86 valence electrons. The summed E-state index contributed by atoms with van der Waals surface area (Å²) < 4.78 is 0. The molecule has 1 amide bonds. The summed E-state index contributed by atoms with van der Waals surface area (Å²) >= 11 is 6.09. The number of rotatable bonds is 2. The molecular weight excluding hydrogens is 226 g/mol. The van der Waals surface area contributed by atoms with Crippen molar-refractivity contribution in [3.63, 3.8) is 0 Å². The Morgan fingerprint density at radius 2 is 2.12 bits per heavy atom. The van der Waals surface area contributed by atoms with Gasteiger partial charge in [0.05, 0.1) is 5.69 Å². The number of aromatic hydroxyl groups is 1. The SMILES string of the molecule is CC(=O)Nc1cc(C2(C)CC2)c(Cl)cc1O. The average Bonchev–Trinajstić information content (AvgIpc) is 2.89. The average molecular weight is 240 g/mol. The Hall–Kier alpha value is -1.22. The Balaban J connectivity index is 2.43. The Morgan fingerprint density at radius 1 is 1.50 bits per heavy atom. The number of benzene rings is 1. The highest BCUT2D eigenvalue weighted by atomic mass is 35.5. The van der Waals surface area contributed by atoms with Gasteiger partial charge in [-0.25, -0.2) is 0 Å². The van der Waals surface area contributed by atoms with E-state index in [-0.39, 0.29) is 17.1 Å². The fourth-order valence-electron chi connectivity index (χ4n) is 1.77. The molecule has 0 bridgehead atoms. The van der Waals surface area contributed by atoms with Crippen LogP contribution in [-0.4, -0.2) is 11.0 Å². The Labute approximate surface area is 99.4 Å². The maximum atomic E-state index is 11.0. The molecule has 0 aliphatic heterocycles. The van der Waals surface area contributed by atoms with Gasteiger partial charge < -0.3 is 10.4 Å². The number of phenolic OH excluding ortho intramolecular Hbond substituents is 1. The number of hydrogen-bond acceptors (Lipinski definition) is 2. The van der Waals surface area contributed by atoms with Crippen LogP contribution in [0.15, 0.2) is 12.1 Å². The van der Waals surface area contributed by atoms with Gasteiger partial charge in [-0.05, 0) is 29.9 Å². The van der Waals surface area contributed by atoms with E-state index in [2.05, 4.69) is 12.2 Å². The van der Waals surface area contributed by atoms with Crippen LogP contribution in [-0.2, 0) is 10.2 Å². The van der Waals surface area contributed by atoms with Gasteiger partial charge in [0.2, 0.25) is 5.91 Å². The molecule has 1 aromatic rings. The fourth-order valence-corrected chi connectivity index (χ4v) is 2.16. The van der Waals surface area contributed by atoms with Crippen LogP contribution in [0.25, 0.3) is 0 Å². The minimum Gasteiger partial charge on any atom is -0.506 e. The van der Waals surface area contributed by atoms with Crippen molar-refractivity contribution < 1.29 is 9.90 Å². The van der Waals surface area contributed by atoms with Gasteiger partial charge in [0.25, 0.3) is 0 Å². The molecule has 1 aliphatic rings. The number of halogens is 1. The summed E-state index contributed by atoms with van der Waals surface area (Å²) in [6, 6.07) is 3.26. The standard InChI is InChI=1S/C12H14ClNO2/c1-7(15)14-10-5-8(12(2)3-4-12)9(13)6-11(10)16/h5-6,16H,3-4H2,1-2H3,(H,14,15). The van der Waals surface area contributed by atoms with E-state index in [1.54, 1.807) is 6.07 Å². The Kier molecular flexibility index (Phi) is 2.58. The van der Waals surface area contributed by atoms with Gasteiger partial charge in [0.15, 0.2) is 0 Å². The molecule has 0 unspecified atom stereocenters. The van der Waals surface area contributed by atoms with Gasteiger partial charge in [0, 0.05) is 18.0 Å². The van der Waals surface area contributed by atoms with Gasteiger partial charge in [-0.15, -0.1) is 0 Å². The van der Waals surface area contributed by atoms with Gasteiger partial charge in [0.1, 0.15) is 5.75 Å². The Morgan fingerprint density at radius 3 is 2.62 bits per heavy atom. The second-order valence-corrected chi connectivity index (χ2v) is 5.00. The first-order valence-corrected chi connectivity index (χ1v) is 5.61. The van der Waals surface area contributed by atoms with E-state index < -0.39 is 0 Å². The van der Waals surface area contributed by atoms with Gasteiger partial charge >= 0.3 is 0 Å². The van der Waals surface area contributed by atoms with Crippen LogP contribution in [0.2, 0.25) is 5.02 Å². The molecule has 3 nitrogen and oxygen atoms in total. The molecule has 0 heterocycles. The lowest BCUT2D eigenvalue weighted by Gasteiger charge is -2.14. The minimum absolute atomic E-state index is 0.00759. The molecule has 16 heavy (non-hydrogen) atoms. The van der Waals surface area contributed by atoms with Crippen molar-refractivity contribution in [2.24, 2.45) is 0 Å². The molecule has 1 saturated carbocycles. The normalized spacial score (nSPS) is 16.9. The van der Waals surface area contributed by atoms with Crippen molar-refractivity contribution >= 4 is 23.2 Å². The predicted molar refractivity (Wildman–Crippen MR) is 64.0 cm³/mol. The van der Waals surface area contributed by atoms with Gasteiger partial charge in [-0.1, -0.05) is 18.5 Å². The summed E-state index contributed by atoms with van der Waals surface area (Å²) in [4.78, 5) is 11.0. The lowest BCUT2D eigenvalue weighted by Crippen LogP contribution is -2.08. The molecule has 1 aliphatic carbocycles. The van der Waals surface area contributed by atoms with Crippen LogP contribution < -0.4 is 5.32 Å². The van der Waals surface area contributed by atoms with E-state index in [1.807, 2.05) is 0 Å². The quantitative estimate of drug-likeness (QED) is 0.780. The van der Waals surface area contributed by atoms with E-state index in [0.717, 1.165) is 18.4 Å². The molecule has 0 atom stereocenters. The first-order valence-electron chi connectivity index (χ1n) is 5.23. The third kappa shape index (κ3) is 2.00. The van der Waals surface area contributed by atoms with Crippen LogP contribution >= 0.6 is 11.6 Å². The van der Waals surface area contributed by atoms with Gasteiger partial charge in [-0.2, -0.15) is 0 Å². The zero-order chi connectivity index (χ0) is 11.9. The molecule has 2 N–H and O–H groups in total. The molecule has 1 aromatic carbocycles. The number of carbonyl (C=O) groups excluding carboxylic acids is 1. The van der Waals surface area contributed by atoms with Crippen LogP contribution in [0, 0.1) is 0 Å². The summed E-state index contributed by atoms with van der Waals surface area (Å²) in [5.41, 5.74) is 1.54. The molecule has 1 fully saturated rings. The first-order chi connectivity index (χ1) is 7.42. The van der Waals surface area contributed by atoms with Crippen LogP contribution in [0.1, 0.15) is 32.3 Å². The maximum Gasteiger partial charge on any atom is 0.221 e. The highest BCUT2D eigenvalue weighted by Gasteiger charge is 2.41. The van der Waals surface area contributed by atoms with E-state index in [1.165, 1.54) is 13.0 Å². The molecule has 4 heteroatoms. The third-order valence-corrected chi connectivity index (χ3v) is 3.36. The Bertz CT molecular complexity index is 453. The number of nitrogens with one attached hydrogen (secondary N) is 1. The van der Waals surface area contributed by atoms with Crippen molar-refractivity contribution in [3.05, 3.63) is 22.7 Å². The predicted octanol–water partition coefficient (Wildman–Crippen LogP) is 3.06. The summed E-state index contributed by atoms with van der Waals surface area (Å²) in [6.45, 7) is 3.54. The largest absolute Gasteiger partial charge is 0.506 e. The number of phenols is 1. The minimum atomic E-state index is -0.204. The number of carbonyl (C=O) groups is 1. The topological polar surface area (TPSA) is 49.3 Å². The summed E-state index contributed by atoms with van der Waals surface area (Å²) in [7, 11) is 0. The van der Waals surface area contributed by atoms with E-state index in [4.69, 9.17) is 11.6 Å². The molecule has 0 spiro atoms. The summed E-state index contributed by atoms with van der Waals surface area (Å²) in [5, 5.41) is 12.8. The lowest BCUT2D eigenvalue weighted by atomic mass is 9.97. The van der Waals surface area contributed by atoms with Crippen molar-refractivity contribution in [1.82, 2.24) is 0 Å². The van der Waals surface area contributed by atoms with Crippen molar-refractivity contribution in [2.45, 2.75) is 32.1 Å². The number of hydrogen-bond donors (Lipinski definition) is 2. The molecule has 0 saturated heterocycles. The van der Waals surface area contributed by atoms with Crippen LogP contribution in [0.4, 0.5) is 5.69 Å². The third-order valence-electron chi connectivity index (χ3n) is 3.05. The van der Waals surface area contributed by atoms with E-state index in [0.29, 0.717) is 10.7 Å². The second kappa shape index (κ2) is 3.67.